The van der Waals surface area contributed by atoms with Gasteiger partial charge in [-0.25, -0.2) is 17.5 Å². The smallest absolute Gasteiger partial charge is 0.313 e. The number of carboxylic acid groups (broad SMARTS) is 1. The van der Waals surface area contributed by atoms with Crippen LogP contribution in [0.25, 0.3) is 0 Å². The summed E-state index contributed by atoms with van der Waals surface area (Å²) >= 11 is 5.56. The first-order chi connectivity index (χ1) is 9.67. The predicted molar refractivity (Wildman–Crippen MR) is 72.1 cm³/mol. The Morgan fingerprint density at radius 1 is 1.57 bits per heavy atom. The van der Waals surface area contributed by atoms with E-state index in [9.17, 15) is 22.7 Å². The maximum absolute atomic E-state index is 13.1. The summed E-state index contributed by atoms with van der Waals surface area (Å²) in [5.41, 5.74) is -1.36. The molecule has 0 radical (unpaired) electrons. The number of hydrogen-bond acceptors (Lipinski definition) is 4. The van der Waals surface area contributed by atoms with Gasteiger partial charge in [-0.1, -0.05) is 11.6 Å². The van der Waals surface area contributed by atoms with Crippen LogP contribution in [-0.2, 0) is 19.6 Å². The Balaban J connectivity index is 2.29. The minimum Gasteiger partial charge on any atom is -0.481 e. The van der Waals surface area contributed by atoms with E-state index in [0.717, 1.165) is 18.2 Å². The third-order valence-corrected chi connectivity index (χ3v) is 5.20. The third-order valence-electron chi connectivity index (χ3n) is 3.44. The van der Waals surface area contributed by atoms with Gasteiger partial charge in [0.15, 0.2) is 0 Å². The van der Waals surface area contributed by atoms with Gasteiger partial charge in [0.2, 0.25) is 10.0 Å². The van der Waals surface area contributed by atoms with E-state index >= 15 is 0 Å². The van der Waals surface area contributed by atoms with Gasteiger partial charge >= 0.3 is 5.97 Å². The first-order valence-electron chi connectivity index (χ1n) is 5.95. The van der Waals surface area contributed by atoms with Crippen LogP contribution in [0.15, 0.2) is 23.1 Å². The summed E-state index contributed by atoms with van der Waals surface area (Å²) in [6, 6.07) is 2.02. The van der Waals surface area contributed by atoms with Crippen LogP contribution in [-0.4, -0.2) is 38.7 Å². The molecule has 0 spiro atoms. The van der Waals surface area contributed by atoms with Gasteiger partial charge in [0.05, 0.1) is 29.2 Å². The summed E-state index contributed by atoms with van der Waals surface area (Å²) in [7, 11) is -4.03. The lowest BCUT2D eigenvalue weighted by atomic mass is 9.86. The second kappa shape index (κ2) is 5.53. The molecule has 1 aliphatic rings. The Morgan fingerprint density at radius 3 is 2.81 bits per heavy atom. The van der Waals surface area contributed by atoms with E-state index in [2.05, 4.69) is 4.72 Å². The number of hydrogen-bond donors (Lipinski definition) is 2. The molecular weight excluding hydrogens is 325 g/mol. The van der Waals surface area contributed by atoms with Crippen LogP contribution in [0.5, 0.6) is 0 Å². The molecule has 2 unspecified atom stereocenters. The summed E-state index contributed by atoms with van der Waals surface area (Å²) in [6.07, 6.45) is 0. The molecule has 1 heterocycles. The molecule has 1 aliphatic heterocycles. The quantitative estimate of drug-likeness (QED) is 0.862. The lowest BCUT2D eigenvalue weighted by Gasteiger charge is -2.25. The van der Waals surface area contributed by atoms with E-state index in [-0.39, 0.29) is 23.1 Å². The number of rotatable bonds is 4. The molecule has 0 aromatic heterocycles. The highest BCUT2D eigenvalue weighted by Crippen LogP contribution is 2.30. The van der Waals surface area contributed by atoms with Gasteiger partial charge in [-0.2, -0.15) is 0 Å². The zero-order chi connectivity index (χ0) is 15.8. The molecule has 1 aromatic carbocycles. The summed E-state index contributed by atoms with van der Waals surface area (Å²) in [4.78, 5) is 11.0. The lowest BCUT2D eigenvalue weighted by molar-refractivity contribution is -0.148. The molecule has 0 bridgehead atoms. The average Bonchev–Trinajstić information content (AvgIpc) is 2.75. The van der Waals surface area contributed by atoms with E-state index in [1.54, 1.807) is 0 Å². The fraction of sp³-hybridized carbons (Fsp3) is 0.417. The molecule has 1 aromatic rings. The van der Waals surface area contributed by atoms with Gasteiger partial charge in [-0.15, -0.1) is 0 Å². The summed E-state index contributed by atoms with van der Waals surface area (Å²) in [6.45, 7) is 1.24. The van der Waals surface area contributed by atoms with E-state index in [0.29, 0.717) is 0 Å². The molecule has 9 heteroatoms. The largest absolute Gasteiger partial charge is 0.481 e. The van der Waals surface area contributed by atoms with Crippen LogP contribution in [0.3, 0.4) is 0 Å². The maximum atomic E-state index is 13.1. The zero-order valence-corrected chi connectivity index (χ0v) is 12.5. The lowest BCUT2D eigenvalue weighted by Crippen LogP contribution is -2.49. The second-order valence-corrected chi connectivity index (χ2v) is 7.11. The van der Waals surface area contributed by atoms with Crippen molar-refractivity contribution in [3.8, 4) is 0 Å². The number of nitrogens with one attached hydrogen (secondary N) is 1. The highest BCUT2D eigenvalue weighted by atomic mass is 35.5. The topological polar surface area (TPSA) is 92.7 Å². The molecule has 1 saturated heterocycles. The van der Waals surface area contributed by atoms with E-state index in [4.69, 9.17) is 16.3 Å². The van der Waals surface area contributed by atoms with Crippen LogP contribution in [0, 0.1) is 11.2 Å². The van der Waals surface area contributed by atoms with E-state index < -0.39 is 33.3 Å². The Labute approximate surface area is 125 Å². The number of carbonyl (C=O) groups is 1. The molecule has 0 saturated carbocycles. The molecule has 0 amide bonds. The number of carboxylic acids is 1. The van der Waals surface area contributed by atoms with Gasteiger partial charge in [0.25, 0.3) is 0 Å². The van der Waals surface area contributed by atoms with Gasteiger partial charge in [0.1, 0.15) is 11.2 Å². The first kappa shape index (κ1) is 16.2. The second-order valence-electron chi connectivity index (χ2n) is 4.99. The SMILES string of the molecule is CC1(C(=O)O)COCC1NS(=O)(=O)c1ccc(F)c(Cl)c1. The normalized spacial score (nSPS) is 26.0. The molecular formula is C12H13ClFNO5S. The summed E-state index contributed by atoms with van der Waals surface area (Å²) in [5.74, 6) is -1.90. The van der Waals surface area contributed by atoms with Crippen molar-refractivity contribution in [3.05, 3.63) is 29.0 Å². The predicted octanol–water partition coefficient (Wildman–Crippen LogP) is 1.25. The minimum absolute atomic E-state index is 0.0586. The van der Waals surface area contributed by atoms with Gasteiger partial charge < -0.3 is 9.84 Å². The molecule has 6 nitrogen and oxygen atoms in total. The van der Waals surface area contributed by atoms with Gasteiger partial charge in [0, 0.05) is 0 Å². The summed E-state index contributed by atoms with van der Waals surface area (Å²) < 4.78 is 44.9. The van der Waals surface area contributed by atoms with Crippen LogP contribution in [0.2, 0.25) is 5.02 Å². The summed E-state index contributed by atoms with van der Waals surface area (Å²) in [5, 5.41) is 8.87. The van der Waals surface area contributed by atoms with Crippen molar-refractivity contribution in [1.82, 2.24) is 4.72 Å². The van der Waals surface area contributed by atoms with Crippen molar-refractivity contribution in [2.75, 3.05) is 13.2 Å². The van der Waals surface area contributed by atoms with Crippen molar-refractivity contribution in [3.63, 3.8) is 0 Å². The highest BCUT2D eigenvalue weighted by Gasteiger charge is 2.48. The number of sulfonamides is 1. The molecule has 2 rings (SSSR count). The van der Waals surface area contributed by atoms with Crippen LogP contribution in [0.4, 0.5) is 4.39 Å². The standard InChI is InChI=1S/C12H13ClFNO5S/c1-12(11(16)17)6-20-5-10(12)15-21(18,19)7-2-3-9(14)8(13)4-7/h2-4,10,15H,5-6H2,1H3,(H,16,17). The monoisotopic (exact) mass is 337 g/mol. The molecule has 1 fully saturated rings. The number of ether oxygens (including phenoxy) is 1. The zero-order valence-electron chi connectivity index (χ0n) is 11.0. The van der Waals surface area contributed by atoms with Gasteiger partial charge in [-0.3, -0.25) is 4.79 Å². The molecule has 116 valence electrons. The Morgan fingerprint density at radius 2 is 2.24 bits per heavy atom. The highest BCUT2D eigenvalue weighted by molar-refractivity contribution is 7.89. The average molecular weight is 338 g/mol. The van der Waals surface area contributed by atoms with Crippen molar-refractivity contribution < 1.29 is 27.4 Å². The molecule has 21 heavy (non-hydrogen) atoms. The van der Waals surface area contributed by atoms with Crippen LogP contribution in [0.1, 0.15) is 6.92 Å². The van der Waals surface area contributed by atoms with Crippen molar-refractivity contribution in [2.45, 2.75) is 17.9 Å². The van der Waals surface area contributed by atoms with Crippen molar-refractivity contribution in [2.24, 2.45) is 5.41 Å². The number of benzene rings is 1. The molecule has 2 N–H and O–H groups in total. The van der Waals surface area contributed by atoms with E-state index in [1.807, 2.05) is 0 Å². The molecule has 0 aliphatic carbocycles. The first-order valence-corrected chi connectivity index (χ1v) is 7.81. The Hall–Kier alpha value is -1.22. The van der Waals surface area contributed by atoms with Crippen molar-refractivity contribution >= 4 is 27.6 Å². The van der Waals surface area contributed by atoms with Crippen molar-refractivity contribution in [1.29, 1.82) is 0 Å². The molecule has 2 atom stereocenters. The van der Waals surface area contributed by atoms with Crippen LogP contribution >= 0.6 is 11.6 Å². The number of halogens is 2. The minimum atomic E-state index is -4.03. The van der Waals surface area contributed by atoms with Gasteiger partial charge in [-0.05, 0) is 25.1 Å². The fourth-order valence-electron chi connectivity index (χ4n) is 1.95. The van der Waals surface area contributed by atoms with Crippen LogP contribution < -0.4 is 4.72 Å². The Bertz CT molecular complexity index is 680. The number of aliphatic carboxylic acids is 1. The maximum Gasteiger partial charge on any atom is 0.313 e. The third kappa shape index (κ3) is 3.03. The fourth-order valence-corrected chi connectivity index (χ4v) is 3.55. The Kier molecular flexibility index (Phi) is 4.25. The van der Waals surface area contributed by atoms with E-state index in [1.165, 1.54) is 6.92 Å².